The van der Waals surface area contributed by atoms with E-state index in [1.165, 1.54) is 5.56 Å². The quantitative estimate of drug-likeness (QED) is 0.169. The average Bonchev–Trinajstić information content (AvgIpc) is 3.73. The Labute approximate surface area is 350 Å². The fourth-order valence-electron chi connectivity index (χ4n) is 7.40. The van der Waals surface area contributed by atoms with Gasteiger partial charge in [-0.1, -0.05) is 129 Å². The Morgan fingerprint density at radius 1 is 0.649 bits per heavy atom. The van der Waals surface area contributed by atoms with Gasteiger partial charge in [0.1, 0.15) is 11.4 Å². The standard InChI is InChI=1S/C50H49N4O2.Pt/c1-48(2,3)33-24-25-43(39(27-33)32-17-11-10-12-18-32)53-31-42(40-28-34(49(4,5)6)29-41(45(40)55)50(7,8)9)52-47(53)56-36-20-15-19-35(30-36)54-44-23-14-13-21-37(44)38-22-16-26-51-46(38)54;/h10-29,31,55H,1-9H3;/q-1;. The molecule has 0 aliphatic heterocycles. The second-order valence-electron chi connectivity index (χ2n) is 17.8. The van der Waals surface area contributed by atoms with Gasteiger partial charge in [0.15, 0.2) is 0 Å². The molecule has 0 saturated carbocycles. The van der Waals surface area contributed by atoms with Crippen LogP contribution in [0, 0.1) is 6.07 Å². The van der Waals surface area contributed by atoms with Crippen LogP contribution in [0.5, 0.6) is 17.5 Å². The number of phenols is 1. The third-order valence-electron chi connectivity index (χ3n) is 10.6. The number of benzene rings is 5. The SMILES string of the molecule is CC(C)(C)c1ccc(-n2cc(-c3cc(C(C)(C)C)cc(C(C)(C)C)c3O)nc2Oc2[c-]c(-n3c4ccccc4c4cccnc43)ccc2)c(-c2ccccc2)c1.[Pt]. The van der Waals surface area contributed by atoms with Gasteiger partial charge < -0.3 is 14.4 Å². The molecule has 8 aromatic rings. The summed E-state index contributed by atoms with van der Waals surface area (Å²) in [6.07, 6.45) is 3.81. The predicted molar refractivity (Wildman–Crippen MR) is 230 cm³/mol. The van der Waals surface area contributed by atoms with Gasteiger partial charge in [-0.25, -0.2) is 4.98 Å². The fourth-order valence-corrected chi connectivity index (χ4v) is 7.40. The number of nitrogens with zero attached hydrogens (tertiary/aromatic N) is 4. The first-order valence-corrected chi connectivity index (χ1v) is 19.3. The Morgan fingerprint density at radius 3 is 2.05 bits per heavy atom. The van der Waals surface area contributed by atoms with Crippen LogP contribution >= 0.6 is 0 Å². The summed E-state index contributed by atoms with van der Waals surface area (Å²) >= 11 is 0. The molecule has 0 spiro atoms. The molecule has 292 valence electrons. The molecular formula is C50H49N4O2Pt-. The van der Waals surface area contributed by atoms with Crippen LogP contribution in [0.25, 0.3) is 55.7 Å². The summed E-state index contributed by atoms with van der Waals surface area (Å²) in [6.45, 7) is 19.7. The van der Waals surface area contributed by atoms with Gasteiger partial charge in [0, 0.05) is 66.7 Å². The molecule has 8 rings (SSSR count). The van der Waals surface area contributed by atoms with Crippen molar-refractivity contribution in [2.75, 3.05) is 0 Å². The Balaban J connectivity index is 0.00000496. The molecule has 0 unspecified atom stereocenters. The van der Waals surface area contributed by atoms with Gasteiger partial charge in [-0.3, -0.25) is 4.57 Å². The summed E-state index contributed by atoms with van der Waals surface area (Å²) in [7, 11) is 0. The van der Waals surface area contributed by atoms with Crippen LogP contribution in [-0.2, 0) is 37.3 Å². The molecular weight excluding hydrogens is 884 g/mol. The number of para-hydroxylation sites is 1. The zero-order valence-corrected chi connectivity index (χ0v) is 36.4. The second-order valence-corrected chi connectivity index (χ2v) is 17.8. The Kier molecular flexibility index (Phi) is 10.3. The smallest absolute Gasteiger partial charge is 0.305 e. The van der Waals surface area contributed by atoms with Crippen molar-refractivity contribution in [1.82, 2.24) is 19.1 Å². The molecule has 5 aromatic carbocycles. The van der Waals surface area contributed by atoms with Crippen molar-refractivity contribution < 1.29 is 30.9 Å². The largest absolute Gasteiger partial charge is 0.507 e. The van der Waals surface area contributed by atoms with Crippen LogP contribution in [0.3, 0.4) is 0 Å². The minimum absolute atomic E-state index is 0. The number of aromatic hydroxyl groups is 1. The van der Waals surface area contributed by atoms with Crippen LogP contribution in [0.2, 0.25) is 0 Å². The van der Waals surface area contributed by atoms with E-state index >= 15 is 0 Å². The number of ether oxygens (including phenoxy) is 1. The van der Waals surface area contributed by atoms with E-state index in [0.717, 1.165) is 55.6 Å². The summed E-state index contributed by atoms with van der Waals surface area (Å²) < 4.78 is 11.0. The maximum atomic E-state index is 12.0. The maximum absolute atomic E-state index is 12.0. The summed E-state index contributed by atoms with van der Waals surface area (Å²) in [5.41, 5.74) is 9.66. The molecule has 0 fully saturated rings. The molecule has 0 atom stereocenters. The summed E-state index contributed by atoms with van der Waals surface area (Å²) in [5, 5.41) is 14.2. The maximum Gasteiger partial charge on any atom is 0.305 e. The zero-order chi connectivity index (χ0) is 39.6. The molecule has 7 heteroatoms. The number of imidazole rings is 1. The topological polar surface area (TPSA) is 65.1 Å². The second kappa shape index (κ2) is 14.8. The third-order valence-corrected chi connectivity index (χ3v) is 10.6. The Morgan fingerprint density at radius 2 is 1.33 bits per heavy atom. The molecule has 3 aromatic heterocycles. The fraction of sp³-hybridized carbons (Fsp3) is 0.240. The van der Waals surface area contributed by atoms with Crippen molar-refractivity contribution >= 4 is 21.9 Å². The van der Waals surface area contributed by atoms with E-state index in [4.69, 9.17) is 14.7 Å². The van der Waals surface area contributed by atoms with Gasteiger partial charge >= 0.3 is 6.01 Å². The monoisotopic (exact) mass is 932 g/mol. The van der Waals surface area contributed by atoms with E-state index in [1.807, 2.05) is 53.4 Å². The van der Waals surface area contributed by atoms with Gasteiger partial charge in [0.25, 0.3) is 0 Å². The molecule has 1 N–H and O–H groups in total. The van der Waals surface area contributed by atoms with Crippen LogP contribution in [0.1, 0.15) is 79.0 Å². The third kappa shape index (κ3) is 7.56. The first kappa shape index (κ1) is 39.8. The van der Waals surface area contributed by atoms with Gasteiger partial charge in [0.05, 0.1) is 16.9 Å². The normalized spacial score (nSPS) is 12.2. The molecule has 0 radical (unpaired) electrons. The molecule has 3 heterocycles. The number of pyridine rings is 1. The number of hydrogen-bond donors (Lipinski definition) is 1. The Hall–Kier alpha value is -5.45. The van der Waals surface area contributed by atoms with E-state index in [1.54, 1.807) is 0 Å². The van der Waals surface area contributed by atoms with E-state index in [0.29, 0.717) is 23.0 Å². The first-order valence-electron chi connectivity index (χ1n) is 19.3. The van der Waals surface area contributed by atoms with Crippen molar-refractivity contribution in [3.63, 3.8) is 0 Å². The molecule has 0 aliphatic rings. The van der Waals surface area contributed by atoms with Crippen molar-refractivity contribution in [2.45, 2.75) is 78.6 Å². The van der Waals surface area contributed by atoms with Gasteiger partial charge in [-0.05, 0) is 69.3 Å². The molecule has 0 aliphatic carbocycles. The number of rotatable bonds is 6. The molecule has 6 nitrogen and oxygen atoms in total. The van der Waals surface area contributed by atoms with Gasteiger partial charge in [-0.15, -0.1) is 18.2 Å². The van der Waals surface area contributed by atoms with Gasteiger partial charge in [0.2, 0.25) is 0 Å². The first-order chi connectivity index (χ1) is 26.6. The van der Waals surface area contributed by atoms with E-state index in [9.17, 15) is 5.11 Å². The van der Waals surface area contributed by atoms with E-state index in [2.05, 4.69) is 152 Å². The zero-order valence-electron chi connectivity index (χ0n) is 34.1. The van der Waals surface area contributed by atoms with Crippen LogP contribution in [-0.4, -0.2) is 24.2 Å². The minimum atomic E-state index is -0.303. The van der Waals surface area contributed by atoms with Crippen LogP contribution in [0.15, 0.2) is 128 Å². The summed E-state index contributed by atoms with van der Waals surface area (Å²) in [4.78, 5) is 9.98. The molecule has 0 bridgehead atoms. The van der Waals surface area contributed by atoms with Crippen LogP contribution in [0.4, 0.5) is 0 Å². The molecule has 0 saturated heterocycles. The van der Waals surface area contributed by atoms with Crippen LogP contribution < -0.4 is 4.74 Å². The Bertz CT molecular complexity index is 2690. The predicted octanol–water partition coefficient (Wildman–Crippen LogP) is 12.9. The molecule has 57 heavy (non-hydrogen) atoms. The number of fused-ring (bicyclic) bond motifs is 3. The van der Waals surface area contributed by atoms with Crippen molar-refractivity contribution in [3.8, 4) is 51.3 Å². The van der Waals surface area contributed by atoms with E-state index in [-0.39, 0.29) is 43.1 Å². The van der Waals surface area contributed by atoms with Crippen molar-refractivity contribution in [1.29, 1.82) is 0 Å². The summed E-state index contributed by atoms with van der Waals surface area (Å²) in [5.74, 6) is 0.721. The molecule has 0 amide bonds. The van der Waals surface area contributed by atoms with Crippen molar-refractivity contribution in [3.05, 3.63) is 150 Å². The summed E-state index contributed by atoms with van der Waals surface area (Å²) in [6, 6.07) is 43.4. The minimum Gasteiger partial charge on any atom is -0.507 e. The average molecular weight is 933 g/mol. The number of aromatic nitrogens is 4. The van der Waals surface area contributed by atoms with Gasteiger partial charge in [-0.2, -0.15) is 11.1 Å². The van der Waals surface area contributed by atoms with E-state index < -0.39 is 0 Å². The number of phenolic OH excluding ortho intramolecular Hbond substituents is 1. The number of hydrogen-bond acceptors (Lipinski definition) is 4. The van der Waals surface area contributed by atoms with Crippen molar-refractivity contribution in [2.24, 2.45) is 0 Å².